The van der Waals surface area contributed by atoms with Gasteiger partial charge in [0, 0.05) is 13.1 Å². The fourth-order valence-corrected chi connectivity index (χ4v) is 4.03. The van der Waals surface area contributed by atoms with E-state index in [1.807, 2.05) is 0 Å². The van der Waals surface area contributed by atoms with Gasteiger partial charge in [0.05, 0.1) is 36.9 Å². The lowest BCUT2D eigenvalue weighted by molar-refractivity contribution is -0.137. The molecule has 0 saturated carbocycles. The first kappa shape index (κ1) is 30.5. The largest absolute Gasteiger partial charge is 0.465 e. The number of aliphatic imine (C=N–C) groups is 1. The van der Waals surface area contributed by atoms with Crippen LogP contribution in [0.3, 0.4) is 0 Å². The van der Waals surface area contributed by atoms with Crippen LogP contribution in [-0.2, 0) is 22.3 Å². The summed E-state index contributed by atoms with van der Waals surface area (Å²) in [5.74, 6) is -2.37. The SMILES string of the molecule is COC(=O)c1ccc(C(C)NC(=O)C(C2=NC(CO)CN2Cc2cccc(C(F)(F)F)c2)=C(N)C(F)(F)F)cc1. The number of nitrogens with two attached hydrogens (primary N) is 1. The van der Waals surface area contributed by atoms with Crippen molar-refractivity contribution < 1.29 is 45.8 Å². The van der Waals surface area contributed by atoms with Crippen molar-refractivity contribution in [3.05, 3.63) is 82.1 Å². The maximum Gasteiger partial charge on any atom is 0.431 e. The van der Waals surface area contributed by atoms with E-state index in [2.05, 4.69) is 15.0 Å². The van der Waals surface area contributed by atoms with Crippen molar-refractivity contribution in [3.8, 4) is 0 Å². The molecule has 3 rings (SSSR count). The van der Waals surface area contributed by atoms with Crippen LogP contribution >= 0.6 is 0 Å². The summed E-state index contributed by atoms with van der Waals surface area (Å²) in [6.07, 6.45) is -9.80. The van der Waals surface area contributed by atoms with Gasteiger partial charge in [0.2, 0.25) is 0 Å². The number of ether oxygens (including phenoxy) is 1. The van der Waals surface area contributed by atoms with Gasteiger partial charge in [-0.2, -0.15) is 26.3 Å². The number of esters is 1. The standard InChI is InChI=1S/C26H26F6N4O4/c1-14(16-6-8-17(9-7-16)24(39)40-2)34-23(38)20(21(33)26(30,31)32)22-35-19(13-37)12-36(22)11-15-4-3-5-18(10-15)25(27,28)29/h3-10,14,19,37H,11-13,33H2,1-2H3,(H,34,38). The molecule has 1 heterocycles. The van der Waals surface area contributed by atoms with Gasteiger partial charge < -0.3 is 25.8 Å². The number of allylic oxidation sites excluding steroid dienone is 1. The first-order valence-electron chi connectivity index (χ1n) is 11.8. The second-order valence-corrected chi connectivity index (χ2v) is 8.96. The number of aliphatic hydroxyl groups is 1. The molecule has 14 heteroatoms. The van der Waals surface area contributed by atoms with Gasteiger partial charge in [0.1, 0.15) is 17.1 Å². The molecule has 1 amide bonds. The zero-order valence-corrected chi connectivity index (χ0v) is 21.3. The zero-order valence-electron chi connectivity index (χ0n) is 21.3. The topological polar surface area (TPSA) is 117 Å². The van der Waals surface area contributed by atoms with Crippen LogP contribution in [0, 0.1) is 0 Å². The third-order valence-corrected chi connectivity index (χ3v) is 6.08. The van der Waals surface area contributed by atoms with E-state index in [0.717, 1.165) is 18.2 Å². The van der Waals surface area contributed by atoms with Crippen LogP contribution in [0.2, 0.25) is 0 Å². The van der Waals surface area contributed by atoms with Gasteiger partial charge in [-0.15, -0.1) is 0 Å². The number of hydrogen-bond acceptors (Lipinski definition) is 7. The molecule has 0 aromatic heterocycles. The second-order valence-electron chi connectivity index (χ2n) is 8.96. The Morgan fingerprint density at radius 1 is 1.15 bits per heavy atom. The monoisotopic (exact) mass is 572 g/mol. The first-order chi connectivity index (χ1) is 18.6. The minimum Gasteiger partial charge on any atom is -0.465 e. The van der Waals surface area contributed by atoms with Gasteiger partial charge in [-0.1, -0.05) is 24.3 Å². The maximum atomic E-state index is 13.8. The summed E-state index contributed by atoms with van der Waals surface area (Å²) in [5.41, 5.74) is 2.39. The molecule has 0 saturated heterocycles. The molecule has 0 bridgehead atoms. The summed E-state index contributed by atoms with van der Waals surface area (Å²) in [6.45, 7) is 0.381. The van der Waals surface area contributed by atoms with Crippen molar-refractivity contribution >= 4 is 17.7 Å². The molecular formula is C26H26F6N4O4. The van der Waals surface area contributed by atoms with Crippen molar-refractivity contribution in [2.75, 3.05) is 20.3 Å². The van der Waals surface area contributed by atoms with E-state index in [-0.39, 0.29) is 24.2 Å². The lowest BCUT2D eigenvalue weighted by Gasteiger charge is -2.25. The minimum absolute atomic E-state index is 0.0884. The Hall–Kier alpha value is -4.07. The minimum atomic E-state index is -5.15. The summed E-state index contributed by atoms with van der Waals surface area (Å²) in [5, 5.41) is 12.0. The smallest absolute Gasteiger partial charge is 0.431 e. The van der Waals surface area contributed by atoms with E-state index in [4.69, 9.17) is 5.73 Å². The first-order valence-corrected chi connectivity index (χ1v) is 11.8. The molecule has 2 aromatic rings. The van der Waals surface area contributed by atoms with E-state index in [1.54, 1.807) is 0 Å². The van der Waals surface area contributed by atoms with Gasteiger partial charge in [-0.25, -0.2) is 4.79 Å². The molecule has 0 spiro atoms. The molecule has 216 valence electrons. The van der Waals surface area contributed by atoms with Crippen LogP contribution in [0.4, 0.5) is 26.3 Å². The molecule has 4 N–H and O–H groups in total. The Labute approximate surface area is 225 Å². The van der Waals surface area contributed by atoms with E-state index < -0.39 is 65.6 Å². The van der Waals surface area contributed by atoms with Crippen LogP contribution in [0.15, 0.2) is 64.8 Å². The number of aliphatic hydroxyl groups excluding tert-OH is 1. The number of carbonyl (C=O) groups excluding carboxylic acids is 2. The van der Waals surface area contributed by atoms with Crippen molar-refractivity contribution in [2.45, 2.75) is 37.9 Å². The quantitative estimate of drug-likeness (QED) is 0.252. The maximum absolute atomic E-state index is 13.8. The van der Waals surface area contributed by atoms with Crippen LogP contribution in [0.25, 0.3) is 0 Å². The predicted octanol–water partition coefficient (Wildman–Crippen LogP) is 3.72. The highest BCUT2D eigenvalue weighted by molar-refractivity contribution is 6.21. The number of nitrogens with zero attached hydrogens (tertiary/aromatic N) is 2. The van der Waals surface area contributed by atoms with E-state index in [9.17, 15) is 41.0 Å². The highest BCUT2D eigenvalue weighted by Gasteiger charge is 2.41. The number of amides is 1. The molecule has 8 nitrogen and oxygen atoms in total. The summed E-state index contributed by atoms with van der Waals surface area (Å²) < 4.78 is 85.6. The normalized spacial score (nSPS) is 17.2. The summed E-state index contributed by atoms with van der Waals surface area (Å²) in [7, 11) is 1.20. The van der Waals surface area contributed by atoms with Gasteiger partial charge in [-0.3, -0.25) is 9.79 Å². The summed E-state index contributed by atoms with van der Waals surface area (Å²) in [4.78, 5) is 30.1. The van der Waals surface area contributed by atoms with Crippen molar-refractivity contribution in [2.24, 2.45) is 10.7 Å². The zero-order chi connectivity index (χ0) is 29.8. The predicted molar refractivity (Wildman–Crippen MR) is 132 cm³/mol. The molecule has 1 aliphatic heterocycles. The van der Waals surface area contributed by atoms with Crippen LogP contribution in [-0.4, -0.2) is 60.2 Å². The highest BCUT2D eigenvalue weighted by atomic mass is 19.4. The third kappa shape index (κ3) is 7.11. The number of nitrogens with one attached hydrogen (secondary N) is 1. The van der Waals surface area contributed by atoms with Crippen molar-refractivity contribution in [1.29, 1.82) is 0 Å². The molecule has 0 radical (unpaired) electrons. The van der Waals surface area contributed by atoms with Crippen LogP contribution in [0.1, 0.15) is 40.0 Å². The Bertz CT molecular complexity index is 1310. The van der Waals surface area contributed by atoms with E-state index in [1.165, 1.54) is 49.3 Å². The number of hydrogen-bond donors (Lipinski definition) is 3. The molecule has 1 aliphatic rings. The lowest BCUT2D eigenvalue weighted by Crippen LogP contribution is -2.40. The van der Waals surface area contributed by atoms with Gasteiger partial charge >= 0.3 is 18.3 Å². The molecule has 2 atom stereocenters. The number of alkyl halides is 6. The van der Waals surface area contributed by atoms with Crippen molar-refractivity contribution in [1.82, 2.24) is 10.2 Å². The fraction of sp³-hybridized carbons (Fsp3) is 0.346. The van der Waals surface area contributed by atoms with Crippen molar-refractivity contribution in [3.63, 3.8) is 0 Å². The molecule has 2 aromatic carbocycles. The Balaban J connectivity index is 1.96. The molecule has 40 heavy (non-hydrogen) atoms. The fourth-order valence-electron chi connectivity index (χ4n) is 4.03. The molecular weight excluding hydrogens is 546 g/mol. The molecule has 0 aliphatic carbocycles. The average molecular weight is 573 g/mol. The van der Waals surface area contributed by atoms with E-state index >= 15 is 0 Å². The number of rotatable bonds is 8. The number of benzene rings is 2. The lowest BCUT2D eigenvalue weighted by atomic mass is 10.0. The number of methoxy groups -OCH3 is 1. The van der Waals surface area contributed by atoms with Crippen LogP contribution < -0.4 is 11.1 Å². The molecule has 0 fully saturated rings. The van der Waals surface area contributed by atoms with Gasteiger partial charge in [0.25, 0.3) is 5.91 Å². The Morgan fingerprint density at radius 2 is 1.80 bits per heavy atom. The van der Waals surface area contributed by atoms with E-state index in [0.29, 0.717) is 5.56 Å². The molecule has 2 unspecified atom stereocenters. The number of carbonyl (C=O) groups is 2. The number of halogens is 6. The summed E-state index contributed by atoms with van der Waals surface area (Å²) >= 11 is 0. The third-order valence-electron chi connectivity index (χ3n) is 6.08. The Morgan fingerprint density at radius 3 is 2.35 bits per heavy atom. The summed E-state index contributed by atoms with van der Waals surface area (Å²) in [6, 6.07) is 8.13. The van der Waals surface area contributed by atoms with Gasteiger partial charge in [0.15, 0.2) is 0 Å². The second kappa shape index (κ2) is 12.0. The highest BCUT2D eigenvalue weighted by Crippen LogP contribution is 2.31. The van der Waals surface area contributed by atoms with Crippen LogP contribution in [0.5, 0.6) is 0 Å². The van der Waals surface area contributed by atoms with Gasteiger partial charge in [-0.05, 0) is 42.3 Å². The average Bonchev–Trinajstić information content (AvgIpc) is 3.29. The Kier molecular flexibility index (Phi) is 9.13. The number of amidine groups is 1.